The highest BCUT2D eigenvalue weighted by atomic mass is 32.2. The number of aryl methyl sites for hydroxylation is 3. The van der Waals surface area contributed by atoms with Gasteiger partial charge in [0.15, 0.2) is 16.8 Å². The van der Waals surface area contributed by atoms with E-state index in [4.69, 9.17) is 0 Å². The minimum Gasteiger partial charge on any atom is -0.294 e. The summed E-state index contributed by atoms with van der Waals surface area (Å²) in [6.45, 7) is 9.89. The van der Waals surface area contributed by atoms with Crippen molar-refractivity contribution in [3.05, 3.63) is 64.3 Å². The van der Waals surface area contributed by atoms with Crippen molar-refractivity contribution >= 4 is 27.7 Å². The quantitative estimate of drug-likeness (QED) is 0.570. The number of carbonyl (C=O) groups excluding carboxylic acids is 1. The third kappa shape index (κ3) is 2.96. The van der Waals surface area contributed by atoms with Crippen LogP contribution < -0.4 is 0 Å². The molecule has 3 aromatic rings. The van der Waals surface area contributed by atoms with E-state index in [1.807, 2.05) is 26.8 Å². The van der Waals surface area contributed by atoms with Gasteiger partial charge in [0.2, 0.25) is 0 Å². The summed E-state index contributed by atoms with van der Waals surface area (Å²) in [5.74, 6) is -0.00140. The summed E-state index contributed by atoms with van der Waals surface area (Å²) in [5, 5.41) is 0.881. The van der Waals surface area contributed by atoms with E-state index in [0.717, 1.165) is 32.5 Å². The maximum atomic E-state index is 13.6. The molecule has 27 heavy (non-hydrogen) atoms. The van der Waals surface area contributed by atoms with E-state index < -0.39 is 11.0 Å². The second kappa shape index (κ2) is 6.16. The molecule has 1 aromatic heterocycles. The number of ketones is 1. The molecule has 1 unspecified atom stereocenters. The van der Waals surface area contributed by atoms with Crippen LogP contribution in [0.3, 0.4) is 0 Å². The number of aromatic nitrogens is 1. The highest BCUT2D eigenvalue weighted by Gasteiger charge is 2.39. The molecule has 4 rings (SSSR count). The van der Waals surface area contributed by atoms with E-state index in [9.17, 15) is 9.00 Å². The first-order valence-electron chi connectivity index (χ1n) is 9.38. The van der Waals surface area contributed by atoms with E-state index in [2.05, 4.69) is 31.2 Å². The van der Waals surface area contributed by atoms with Gasteiger partial charge in [-0.3, -0.25) is 8.77 Å². The van der Waals surface area contributed by atoms with Crippen LogP contribution in [0.15, 0.2) is 41.4 Å². The molecule has 3 nitrogen and oxygen atoms in total. The molecule has 1 saturated carbocycles. The molecule has 0 aliphatic heterocycles. The fourth-order valence-corrected chi connectivity index (χ4v) is 5.40. The summed E-state index contributed by atoms with van der Waals surface area (Å²) in [6.07, 6.45) is 4.12. The number of rotatable bonds is 4. The SMILES string of the molecule is CC(=O)c1cn(S(=O)c2c(C)cc(C)cc2C)c2cc(C3(C)CC3)ccc12. The fraction of sp³-hybridized carbons (Fsp3) is 0.348. The highest BCUT2D eigenvalue weighted by molar-refractivity contribution is 7.83. The topological polar surface area (TPSA) is 39.1 Å². The molecule has 0 bridgehead atoms. The summed E-state index contributed by atoms with van der Waals surface area (Å²) in [4.78, 5) is 13.0. The minimum absolute atomic E-state index is 0.00140. The number of benzene rings is 2. The molecule has 140 valence electrons. The average Bonchev–Trinajstić information content (AvgIpc) is 3.21. The molecule has 0 N–H and O–H groups in total. The molecule has 4 heteroatoms. The Bertz CT molecular complexity index is 1100. The standard InChI is InChI=1S/C23H25NO2S/c1-14-10-15(2)22(16(3)11-14)27(26)24-13-20(17(4)25)19-7-6-18(12-21(19)24)23(5)8-9-23/h6-7,10-13H,8-9H2,1-5H3. The lowest BCUT2D eigenvalue weighted by Crippen LogP contribution is -2.08. The van der Waals surface area contributed by atoms with Crippen molar-refractivity contribution in [1.82, 2.24) is 3.97 Å². The number of hydrogen-bond donors (Lipinski definition) is 0. The van der Waals surface area contributed by atoms with Gasteiger partial charge in [0.1, 0.15) is 0 Å². The van der Waals surface area contributed by atoms with Crippen molar-refractivity contribution in [2.75, 3.05) is 0 Å². The van der Waals surface area contributed by atoms with Crippen LogP contribution in [0.2, 0.25) is 0 Å². The minimum atomic E-state index is -1.40. The predicted octanol–water partition coefficient (Wildman–Crippen LogP) is 5.39. The Labute approximate surface area is 163 Å². The monoisotopic (exact) mass is 379 g/mol. The van der Waals surface area contributed by atoms with Gasteiger partial charge in [-0.05, 0) is 68.7 Å². The van der Waals surface area contributed by atoms with E-state index in [0.29, 0.717) is 5.56 Å². The first kappa shape index (κ1) is 18.2. The molecular weight excluding hydrogens is 354 g/mol. The number of hydrogen-bond acceptors (Lipinski definition) is 2. The number of nitrogens with zero attached hydrogens (tertiary/aromatic N) is 1. The zero-order valence-electron chi connectivity index (χ0n) is 16.6. The van der Waals surface area contributed by atoms with Gasteiger partial charge in [-0.15, -0.1) is 0 Å². The lowest BCUT2D eigenvalue weighted by atomic mass is 9.96. The van der Waals surface area contributed by atoms with Gasteiger partial charge < -0.3 is 0 Å². The zero-order valence-corrected chi connectivity index (χ0v) is 17.4. The molecule has 0 saturated heterocycles. The van der Waals surface area contributed by atoms with Crippen molar-refractivity contribution < 1.29 is 9.00 Å². The Morgan fingerprint density at radius 2 is 1.70 bits per heavy atom. The Morgan fingerprint density at radius 1 is 1.07 bits per heavy atom. The molecule has 2 aromatic carbocycles. The largest absolute Gasteiger partial charge is 0.294 e. The number of fused-ring (bicyclic) bond motifs is 1. The second-order valence-corrected chi connectivity index (χ2v) is 9.49. The van der Waals surface area contributed by atoms with Gasteiger partial charge in [0.25, 0.3) is 0 Å². The normalized spacial score (nSPS) is 16.5. The Hall–Kier alpha value is -2.20. The number of Topliss-reactive ketones (excluding diaryl/α,β-unsaturated/α-hetero) is 1. The lowest BCUT2D eigenvalue weighted by Gasteiger charge is -2.14. The molecule has 1 aliphatic rings. The van der Waals surface area contributed by atoms with Crippen LogP contribution in [0.4, 0.5) is 0 Å². The highest BCUT2D eigenvalue weighted by Crippen LogP contribution is 2.48. The van der Waals surface area contributed by atoms with E-state index in [1.54, 1.807) is 17.1 Å². The van der Waals surface area contributed by atoms with E-state index in [1.165, 1.54) is 18.4 Å². The van der Waals surface area contributed by atoms with Gasteiger partial charge in [-0.25, -0.2) is 4.21 Å². The average molecular weight is 380 g/mol. The van der Waals surface area contributed by atoms with Gasteiger partial charge in [-0.1, -0.05) is 36.8 Å². The van der Waals surface area contributed by atoms with Gasteiger partial charge in [0, 0.05) is 17.1 Å². The Morgan fingerprint density at radius 3 is 2.26 bits per heavy atom. The lowest BCUT2D eigenvalue weighted by molar-refractivity contribution is 0.101. The molecule has 0 radical (unpaired) electrons. The maximum absolute atomic E-state index is 13.6. The van der Waals surface area contributed by atoms with Crippen molar-refractivity contribution in [3.63, 3.8) is 0 Å². The van der Waals surface area contributed by atoms with Crippen LogP contribution in [0, 0.1) is 20.8 Å². The first-order chi connectivity index (χ1) is 12.7. The van der Waals surface area contributed by atoms with Crippen LogP contribution in [0.1, 0.15) is 59.3 Å². The molecular formula is C23H25NO2S. The molecule has 1 fully saturated rings. The summed E-state index contributed by atoms with van der Waals surface area (Å²) < 4.78 is 15.4. The molecule has 1 heterocycles. The summed E-state index contributed by atoms with van der Waals surface area (Å²) in [7, 11) is -1.40. The van der Waals surface area contributed by atoms with Crippen molar-refractivity contribution in [3.8, 4) is 0 Å². The number of carbonyl (C=O) groups is 1. The van der Waals surface area contributed by atoms with Gasteiger partial charge >= 0.3 is 0 Å². The van der Waals surface area contributed by atoms with Crippen molar-refractivity contribution in [2.45, 2.75) is 57.8 Å². The Balaban J connectivity index is 1.95. The van der Waals surface area contributed by atoms with Crippen LogP contribution in [-0.2, 0) is 16.4 Å². The first-order valence-corrected chi connectivity index (χ1v) is 10.5. The van der Waals surface area contributed by atoms with E-state index >= 15 is 0 Å². The fourth-order valence-electron chi connectivity index (χ4n) is 4.01. The maximum Gasteiger partial charge on any atom is 0.161 e. The molecule has 1 aliphatic carbocycles. The van der Waals surface area contributed by atoms with Crippen molar-refractivity contribution in [2.24, 2.45) is 0 Å². The Kier molecular flexibility index (Phi) is 4.15. The summed E-state index contributed by atoms with van der Waals surface area (Å²) in [5.41, 5.74) is 6.19. The predicted molar refractivity (Wildman–Crippen MR) is 111 cm³/mol. The summed E-state index contributed by atoms with van der Waals surface area (Å²) in [6, 6.07) is 10.4. The molecule has 0 spiro atoms. The molecule has 1 atom stereocenters. The van der Waals surface area contributed by atoms with Crippen LogP contribution >= 0.6 is 0 Å². The smallest absolute Gasteiger partial charge is 0.161 e. The van der Waals surface area contributed by atoms with Crippen LogP contribution in [0.5, 0.6) is 0 Å². The van der Waals surface area contributed by atoms with Gasteiger partial charge in [0.05, 0.1) is 10.4 Å². The second-order valence-electron chi connectivity index (χ2n) is 8.19. The van der Waals surface area contributed by atoms with Gasteiger partial charge in [-0.2, -0.15) is 0 Å². The third-order valence-electron chi connectivity index (χ3n) is 5.81. The van der Waals surface area contributed by atoms with Crippen molar-refractivity contribution in [1.29, 1.82) is 0 Å². The molecule has 0 amide bonds. The van der Waals surface area contributed by atoms with E-state index in [-0.39, 0.29) is 11.2 Å². The summed E-state index contributed by atoms with van der Waals surface area (Å²) >= 11 is 0. The third-order valence-corrected chi connectivity index (χ3v) is 7.46. The van der Waals surface area contributed by atoms with Crippen LogP contribution in [0.25, 0.3) is 10.9 Å². The van der Waals surface area contributed by atoms with Crippen LogP contribution in [-0.4, -0.2) is 14.0 Å². The zero-order chi connectivity index (χ0) is 19.5.